The van der Waals surface area contributed by atoms with Crippen molar-refractivity contribution in [3.63, 3.8) is 0 Å². The smallest absolute Gasteiger partial charge is 0.373 e. The van der Waals surface area contributed by atoms with Crippen LogP contribution in [-0.4, -0.2) is 54.6 Å². The van der Waals surface area contributed by atoms with Gasteiger partial charge in [0.25, 0.3) is 0 Å². The second-order valence-corrected chi connectivity index (χ2v) is 13.3. The molecular formula is C31H39NO7S2. The van der Waals surface area contributed by atoms with Crippen LogP contribution in [0.1, 0.15) is 76.8 Å². The highest BCUT2D eigenvalue weighted by atomic mass is 32.2. The summed E-state index contributed by atoms with van der Waals surface area (Å²) < 4.78 is 5.90. The van der Waals surface area contributed by atoms with Crippen molar-refractivity contribution in [2.24, 2.45) is 11.8 Å². The van der Waals surface area contributed by atoms with Crippen LogP contribution in [0.4, 0.5) is 4.79 Å². The van der Waals surface area contributed by atoms with Gasteiger partial charge in [-0.15, -0.1) is 11.8 Å². The monoisotopic (exact) mass is 601 g/mol. The fourth-order valence-corrected chi connectivity index (χ4v) is 8.29. The number of benzene rings is 1. The normalized spacial score (nSPS) is 24.5. The number of thioether (sulfide) groups is 2. The van der Waals surface area contributed by atoms with Crippen LogP contribution < -0.4 is 4.74 Å². The number of amides is 1. The van der Waals surface area contributed by atoms with Gasteiger partial charge in [0.05, 0.1) is 12.0 Å². The highest BCUT2D eigenvalue weighted by molar-refractivity contribution is 8.14. The number of aliphatic hydroxyl groups is 1. The average Bonchev–Trinajstić information content (AvgIpc) is 3.21. The van der Waals surface area contributed by atoms with Crippen LogP contribution in [0.2, 0.25) is 0 Å². The molecule has 5 atom stereocenters. The molecule has 0 radical (unpaired) electrons. The maximum Gasteiger partial charge on any atom is 0.373 e. The number of phenolic OH excluding ortho intramolecular Hbond substituents is 1. The zero-order valence-corrected chi connectivity index (χ0v) is 25.6. The largest absolute Gasteiger partial charge is 0.507 e. The Labute approximate surface area is 249 Å². The first-order valence-electron chi connectivity index (χ1n) is 14.1. The topological polar surface area (TPSA) is 124 Å². The Hall–Kier alpha value is -2.69. The predicted molar refractivity (Wildman–Crippen MR) is 162 cm³/mol. The van der Waals surface area contributed by atoms with Crippen molar-refractivity contribution in [3.8, 4) is 11.5 Å². The van der Waals surface area contributed by atoms with Gasteiger partial charge < -0.3 is 20.1 Å². The predicted octanol–water partition coefficient (Wildman–Crippen LogP) is 6.58. The summed E-state index contributed by atoms with van der Waals surface area (Å²) in [5.74, 6) is -2.08. The molecule has 0 aromatic heterocycles. The van der Waals surface area contributed by atoms with Crippen LogP contribution in [0.3, 0.4) is 0 Å². The summed E-state index contributed by atoms with van der Waals surface area (Å²) in [6, 6.07) is 3.60. The molecular weight excluding hydrogens is 562 g/mol. The Balaban J connectivity index is 1.58. The second kappa shape index (κ2) is 13.1. The van der Waals surface area contributed by atoms with Crippen molar-refractivity contribution in [1.29, 1.82) is 0 Å². The summed E-state index contributed by atoms with van der Waals surface area (Å²) in [5.41, 5.74) is 3.49. The Kier molecular flexibility index (Phi) is 9.97. The summed E-state index contributed by atoms with van der Waals surface area (Å²) in [6.07, 6.45) is 6.83. The number of carboxylic acid groups (broad SMARTS) is 1. The standard InChI is InChI=1S/C31H39NO7S2/c1-6-7-8-9-19-13-22(34)26(21-12-17(4)10-11-20(21)16(2)3)23(14-19)39-31(38)40-15-24-27(30(36)37)32-28(35)25(18(5)33)29(32)41-24/h12-14,18,20-21,25,29,33-34H,2,6-11,15H2,1,3-5H3,(H,36,37)/t18-,20+,21-,25+,29?/m1/s1. The summed E-state index contributed by atoms with van der Waals surface area (Å²) >= 11 is 2.00. The van der Waals surface area contributed by atoms with Crippen LogP contribution in [0, 0.1) is 11.8 Å². The highest BCUT2D eigenvalue weighted by Crippen LogP contribution is 2.51. The maximum atomic E-state index is 13.2. The number of carbonyl (C=O) groups excluding carboxylic acids is 2. The minimum atomic E-state index is -1.25. The molecule has 0 spiro atoms. The fourth-order valence-electron chi connectivity index (χ4n) is 5.92. The van der Waals surface area contributed by atoms with Gasteiger partial charge in [-0.25, -0.2) is 9.59 Å². The number of nitrogens with zero attached hydrogens (tertiary/aromatic N) is 1. The zero-order chi connectivity index (χ0) is 30.0. The molecule has 3 aliphatic rings. The summed E-state index contributed by atoms with van der Waals surface area (Å²) in [5, 5.41) is 29.9. The molecule has 1 fully saturated rings. The molecule has 1 amide bonds. The van der Waals surface area contributed by atoms with E-state index in [1.807, 2.05) is 13.0 Å². The van der Waals surface area contributed by atoms with Gasteiger partial charge in [0.15, 0.2) is 0 Å². The van der Waals surface area contributed by atoms with Crippen molar-refractivity contribution in [2.45, 2.75) is 83.6 Å². The van der Waals surface area contributed by atoms with Gasteiger partial charge in [0.2, 0.25) is 5.91 Å². The third kappa shape index (κ3) is 6.54. The minimum absolute atomic E-state index is 0.00623. The molecule has 2 heterocycles. The van der Waals surface area contributed by atoms with Gasteiger partial charge in [0, 0.05) is 22.1 Å². The number of ether oxygens (including phenoxy) is 1. The van der Waals surface area contributed by atoms with Crippen LogP contribution in [0.5, 0.6) is 11.5 Å². The Bertz CT molecular complexity index is 1300. The number of aryl methyl sites for hydroxylation is 1. The SMILES string of the molecule is C=C(C)[C@@H]1CCC(C)=C[C@H]1c1c(O)cc(CCCCC)cc1OC(=O)SCC1=C(C(=O)O)N2C(=O)[C@H]([C@@H](C)O)C2S1. The molecule has 10 heteroatoms. The van der Waals surface area contributed by atoms with Crippen LogP contribution >= 0.6 is 23.5 Å². The number of aliphatic hydroxyl groups excluding tert-OH is 1. The van der Waals surface area contributed by atoms with E-state index in [1.54, 1.807) is 6.07 Å². The van der Waals surface area contributed by atoms with E-state index < -0.39 is 34.6 Å². The molecule has 0 bridgehead atoms. The molecule has 4 rings (SSSR count). The van der Waals surface area contributed by atoms with E-state index in [4.69, 9.17) is 4.74 Å². The second-order valence-electron chi connectivity index (χ2n) is 11.2. The molecule has 1 unspecified atom stereocenters. The molecule has 1 aromatic carbocycles. The van der Waals surface area contributed by atoms with E-state index in [2.05, 4.69) is 26.5 Å². The Morgan fingerprint density at radius 1 is 1.29 bits per heavy atom. The molecule has 1 saturated heterocycles. The fraction of sp³-hybridized carbons (Fsp3) is 0.516. The minimum Gasteiger partial charge on any atom is -0.507 e. The third-order valence-electron chi connectivity index (χ3n) is 8.05. The maximum absolute atomic E-state index is 13.2. The number of aromatic hydroxyl groups is 1. The average molecular weight is 602 g/mol. The zero-order valence-electron chi connectivity index (χ0n) is 24.0. The number of hydrogen-bond acceptors (Lipinski definition) is 8. The van der Waals surface area contributed by atoms with Crippen molar-refractivity contribution in [1.82, 2.24) is 4.90 Å². The summed E-state index contributed by atoms with van der Waals surface area (Å²) in [4.78, 5) is 39.2. The number of allylic oxidation sites excluding steroid dienone is 3. The highest BCUT2D eigenvalue weighted by Gasteiger charge is 2.57. The number of carboxylic acids is 1. The molecule has 2 aliphatic heterocycles. The Morgan fingerprint density at radius 3 is 2.66 bits per heavy atom. The summed E-state index contributed by atoms with van der Waals surface area (Å²) in [6.45, 7) is 11.8. The van der Waals surface area contributed by atoms with E-state index in [1.165, 1.54) is 29.2 Å². The lowest BCUT2D eigenvalue weighted by Crippen LogP contribution is -2.60. The van der Waals surface area contributed by atoms with Gasteiger partial charge in [-0.3, -0.25) is 9.69 Å². The number of β-lactam (4-membered cyclic amide) rings is 1. The van der Waals surface area contributed by atoms with Gasteiger partial charge in [0.1, 0.15) is 22.6 Å². The van der Waals surface area contributed by atoms with E-state index in [-0.39, 0.29) is 29.0 Å². The molecule has 1 aliphatic carbocycles. The lowest BCUT2D eigenvalue weighted by atomic mass is 9.73. The Morgan fingerprint density at radius 2 is 2.02 bits per heavy atom. The first kappa shape index (κ1) is 31.3. The van der Waals surface area contributed by atoms with Gasteiger partial charge in [-0.1, -0.05) is 43.6 Å². The van der Waals surface area contributed by atoms with Crippen molar-refractivity contribution in [2.75, 3.05) is 5.75 Å². The van der Waals surface area contributed by atoms with Crippen molar-refractivity contribution < 1.29 is 34.4 Å². The van der Waals surface area contributed by atoms with E-state index in [0.29, 0.717) is 16.2 Å². The number of phenols is 1. The molecule has 41 heavy (non-hydrogen) atoms. The van der Waals surface area contributed by atoms with E-state index in [9.17, 15) is 29.7 Å². The molecule has 1 aromatic rings. The van der Waals surface area contributed by atoms with Crippen molar-refractivity contribution >= 4 is 40.7 Å². The van der Waals surface area contributed by atoms with E-state index >= 15 is 0 Å². The molecule has 222 valence electrons. The quantitative estimate of drug-likeness (QED) is 0.112. The van der Waals surface area contributed by atoms with Gasteiger partial charge in [-0.05, 0) is 81.8 Å². The molecule has 8 nitrogen and oxygen atoms in total. The number of fused-ring (bicyclic) bond motifs is 1. The lowest BCUT2D eigenvalue weighted by Gasteiger charge is -2.43. The van der Waals surface area contributed by atoms with E-state index in [0.717, 1.165) is 61.4 Å². The number of carbonyl (C=O) groups is 3. The number of aliphatic carboxylic acids is 1. The number of hydrogen-bond donors (Lipinski definition) is 3. The lowest BCUT2D eigenvalue weighted by molar-refractivity contribution is -0.156. The third-order valence-corrected chi connectivity index (χ3v) is 10.4. The van der Waals surface area contributed by atoms with Crippen LogP contribution in [-0.2, 0) is 16.0 Å². The molecule has 3 N–H and O–H groups in total. The van der Waals surface area contributed by atoms with Crippen LogP contribution in [0.25, 0.3) is 0 Å². The number of unbranched alkanes of at least 4 members (excludes halogenated alkanes) is 2. The van der Waals surface area contributed by atoms with Crippen molar-refractivity contribution in [3.05, 3.63) is 57.7 Å². The van der Waals surface area contributed by atoms with Gasteiger partial charge >= 0.3 is 11.3 Å². The number of rotatable bonds is 11. The van der Waals surface area contributed by atoms with Crippen LogP contribution in [0.15, 0.2) is 46.5 Å². The first-order chi connectivity index (χ1) is 19.4. The van der Waals surface area contributed by atoms with Gasteiger partial charge in [-0.2, -0.15) is 0 Å². The first-order valence-corrected chi connectivity index (χ1v) is 16.0. The molecule has 0 saturated carbocycles. The summed E-state index contributed by atoms with van der Waals surface area (Å²) in [7, 11) is 0.